The molecule has 0 bridgehead atoms. The van der Waals surface area contributed by atoms with Crippen LogP contribution < -0.4 is 10.6 Å². The van der Waals surface area contributed by atoms with Crippen LogP contribution in [0.15, 0.2) is 10.6 Å². The van der Waals surface area contributed by atoms with Gasteiger partial charge in [-0.15, -0.1) is 0 Å². The molecule has 0 unspecified atom stereocenters. The quantitative estimate of drug-likeness (QED) is 0.841. The number of amides is 2. The Hall–Kier alpha value is -1.56. The van der Waals surface area contributed by atoms with Crippen LogP contribution in [0.1, 0.15) is 25.5 Å². The Morgan fingerprint density at radius 3 is 3.06 bits per heavy atom. The standard InChI is InChI=1S/C11H17N3O3/c1-7-6-10(14-17-7)13-11(15)12-8(2)9-4-3-5-16-9/h6,8-9H,3-5H2,1-2H3,(H2,12,13,14,15)/t8-,9-/m0/s1. The van der Waals surface area contributed by atoms with E-state index >= 15 is 0 Å². The number of carbonyl (C=O) groups excluding carboxylic acids is 1. The van der Waals surface area contributed by atoms with Crippen LogP contribution in [0.3, 0.4) is 0 Å². The lowest BCUT2D eigenvalue weighted by Crippen LogP contribution is -2.43. The number of ether oxygens (including phenoxy) is 1. The molecule has 1 aromatic heterocycles. The molecule has 0 aliphatic carbocycles. The first kappa shape index (κ1) is 11.9. The van der Waals surface area contributed by atoms with Crippen LogP contribution in [0.2, 0.25) is 0 Å². The minimum absolute atomic E-state index is 0.00880. The van der Waals surface area contributed by atoms with E-state index in [9.17, 15) is 4.79 Å². The Bertz CT molecular complexity index is 385. The van der Waals surface area contributed by atoms with Gasteiger partial charge in [-0.1, -0.05) is 5.16 Å². The van der Waals surface area contributed by atoms with Crippen LogP contribution in [0, 0.1) is 6.92 Å². The molecular formula is C11H17N3O3. The van der Waals surface area contributed by atoms with Gasteiger partial charge in [-0.25, -0.2) is 4.79 Å². The number of hydrogen-bond acceptors (Lipinski definition) is 4. The van der Waals surface area contributed by atoms with E-state index < -0.39 is 0 Å². The maximum atomic E-state index is 11.6. The van der Waals surface area contributed by atoms with Crippen molar-refractivity contribution in [3.63, 3.8) is 0 Å². The summed E-state index contributed by atoms with van der Waals surface area (Å²) in [6, 6.07) is 1.36. The minimum Gasteiger partial charge on any atom is -0.376 e. The van der Waals surface area contributed by atoms with E-state index in [4.69, 9.17) is 9.26 Å². The highest BCUT2D eigenvalue weighted by molar-refractivity contribution is 5.88. The molecule has 94 valence electrons. The third-order valence-electron chi connectivity index (χ3n) is 2.75. The highest BCUT2D eigenvalue weighted by Crippen LogP contribution is 2.15. The van der Waals surface area contributed by atoms with Crippen LogP contribution in [0.4, 0.5) is 10.6 Å². The van der Waals surface area contributed by atoms with Crippen molar-refractivity contribution < 1.29 is 14.1 Å². The van der Waals surface area contributed by atoms with Gasteiger partial charge < -0.3 is 14.6 Å². The van der Waals surface area contributed by atoms with Gasteiger partial charge in [-0.3, -0.25) is 5.32 Å². The summed E-state index contributed by atoms with van der Waals surface area (Å²) in [5.41, 5.74) is 0. The fourth-order valence-corrected chi connectivity index (χ4v) is 1.87. The molecule has 2 heterocycles. The number of nitrogens with one attached hydrogen (secondary N) is 2. The average Bonchev–Trinajstić information content (AvgIpc) is 2.89. The Balaban J connectivity index is 1.80. The number of hydrogen-bond donors (Lipinski definition) is 2. The third-order valence-corrected chi connectivity index (χ3v) is 2.75. The van der Waals surface area contributed by atoms with Crippen LogP contribution in [-0.4, -0.2) is 29.9 Å². The number of carbonyl (C=O) groups is 1. The lowest BCUT2D eigenvalue weighted by atomic mass is 10.1. The largest absolute Gasteiger partial charge is 0.376 e. The van der Waals surface area contributed by atoms with Gasteiger partial charge in [-0.05, 0) is 26.7 Å². The summed E-state index contributed by atoms with van der Waals surface area (Å²) < 4.78 is 10.3. The summed E-state index contributed by atoms with van der Waals surface area (Å²) in [5, 5.41) is 9.11. The molecule has 1 aliphatic heterocycles. The maximum Gasteiger partial charge on any atom is 0.320 e. The molecule has 17 heavy (non-hydrogen) atoms. The van der Waals surface area contributed by atoms with Crippen LogP contribution in [0.25, 0.3) is 0 Å². The van der Waals surface area contributed by atoms with Crippen molar-refractivity contribution in [2.24, 2.45) is 0 Å². The highest BCUT2D eigenvalue weighted by atomic mass is 16.5. The zero-order chi connectivity index (χ0) is 12.3. The molecule has 0 saturated carbocycles. The van der Waals surface area contributed by atoms with Gasteiger partial charge >= 0.3 is 6.03 Å². The number of nitrogens with zero attached hydrogens (tertiary/aromatic N) is 1. The first-order valence-electron chi connectivity index (χ1n) is 5.77. The number of anilines is 1. The predicted octanol–water partition coefficient (Wildman–Crippen LogP) is 1.67. The molecule has 0 spiro atoms. The first-order valence-corrected chi connectivity index (χ1v) is 5.77. The van der Waals surface area contributed by atoms with Gasteiger partial charge in [0.2, 0.25) is 0 Å². The Morgan fingerprint density at radius 1 is 1.65 bits per heavy atom. The number of urea groups is 1. The van der Waals surface area contributed by atoms with Crippen LogP contribution >= 0.6 is 0 Å². The molecule has 2 atom stereocenters. The summed E-state index contributed by atoms with van der Waals surface area (Å²) in [6.45, 7) is 4.48. The van der Waals surface area contributed by atoms with Crippen molar-refractivity contribution in [2.45, 2.75) is 38.8 Å². The number of rotatable bonds is 3. The van der Waals surface area contributed by atoms with Crippen LogP contribution in [0.5, 0.6) is 0 Å². The smallest absolute Gasteiger partial charge is 0.320 e. The lowest BCUT2D eigenvalue weighted by molar-refractivity contribution is 0.0868. The third kappa shape index (κ3) is 3.20. The van der Waals surface area contributed by atoms with Gasteiger partial charge in [0.15, 0.2) is 5.82 Å². The summed E-state index contributed by atoms with van der Waals surface area (Å²) in [6.07, 6.45) is 2.16. The molecular weight excluding hydrogens is 222 g/mol. The van der Waals surface area contributed by atoms with Gasteiger partial charge in [-0.2, -0.15) is 0 Å². The average molecular weight is 239 g/mol. The molecule has 6 heteroatoms. The van der Waals surface area contributed by atoms with Crippen molar-refractivity contribution in [2.75, 3.05) is 11.9 Å². The second-order valence-corrected chi connectivity index (χ2v) is 4.26. The van der Waals surface area contributed by atoms with Gasteiger partial charge in [0.25, 0.3) is 0 Å². The zero-order valence-corrected chi connectivity index (χ0v) is 10.0. The Morgan fingerprint density at radius 2 is 2.47 bits per heavy atom. The minimum atomic E-state index is -0.290. The second kappa shape index (κ2) is 5.18. The molecule has 1 aromatic rings. The first-order chi connectivity index (χ1) is 8.15. The van der Waals surface area contributed by atoms with E-state index in [0.717, 1.165) is 19.4 Å². The SMILES string of the molecule is Cc1cc(NC(=O)N[C@@H](C)[C@@H]2CCCO2)no1. The maximum absolute atomic E-state index is 11.6. The van der Waals surface area contributed by atoms with Crippen molar-refractivity contribution in [1.29, 1.82) is 0 Å². The Kier molecular flexibility index (Phi) is 3.63. The zero-order valence-electron chi connectivity index (χ0n) is 10.0. The van der Waals surface area contributed by atoms with Gasteiger partial charge in [0, 0.05) is 12.7 Å². The van der Waals surface area contributed by atoms with Crippen molar-refractivity contribution in [3.8, 4) is 0 Å². The number of aryl methyl sites for hydroxylation is 1. The molecule has 0 aromatic carbocycles. The monoisotopic (exact) mass is 239 g/mol. The molecule has 2 rings (SSSR count). The second-order valence-electron chi connectivity index (χ2n) is 4.26. The molecule has 6 nitrogen and oxygen atoms in total. The molecule has 1 aliphatic rings. The summed E-state index contributed by atoms with van der Waals surface area (Å²) in [5.74, 6) is 1.08. The summed E-state index contributed by atoms with van der Waals surface area (Å²) in [7, 11) is 0. The topological polar surface area (TPSA) is 76.4 Å². The van der Waals surface area contributed by atoms with Crippen molar-refractivity contribution >= 4 is 11.8 Å². The normalized spacial score (nSPS) is 21.2. The van der Waals surface area contributed by atoms with E-state index in [1.807, 2.05) is 6.92 Å². The molecule has 2 amide bonds. The lowest BCUT2D eigenvalue weighted by Gasteiger charge is -2.19. The van der Waals surface area contributed by atoms with Crippen molar-refractivity contribution in [3.05, 3.63) is 11.8 Å². The molecule has 1 fully saturated rings. The molecule has 1 saturated heterocycles. The summed E-state index contributed by atoms with van der Waals surface area (Å²) >= 11 is 0. The van der Waals surface area contributed by atoms with E-state index in [1.54, 1.807) is 13.0 Å². The van der Waals surface area contributed by atoms with E-state index in [0.29, 0.717) is 11.6 Å². The molecule has 0 radical (unpaired) electrons. The fourth-order valence-electron chi connectivity index (χ4n) is 1.87. The van der Waals surface area contributed by atoms with Crippen LogP contribution in [-0.2, 0) is 4.74 Å². The van der Waals surface area contributed by atoms with E-state index in [2.05, 4.69) is 15.8 Å². The molecule has 2 N–H and O–H groups in total. The van der Waals surface area contributed by atoms with Gasteiger partial charge in [0.1, 0.15) is 5.76 Å². The highest BCUT2D eigenvalue weighted by Gasteiger charge is 2.23. The van der Waals surface area contributed by atoms with E-state index in [-0.39, 0.29) is 18.2 Å². The number of aromatic nitrogens is 1. The van der Waals surface area contributed by atoms with E-state index in [1.165, 1.54) is 0 Å². The van der Waals surface area contributed by atoms with Gasteiger partial charge in [0.05, 0.1) is 12.1 Å². The fraction of sp³-hybridized carbons (Fsp3) is 0.636. The predicted molar refractivity (Wildman–Crippen MR) is 61.8 cm³/mol. The van der Waals surface area contributed by atoms with Crippen molar-refractivity contribution in [1.82, 2.24) is 10.5 Å². The Labute approximate surface area is 99.7 Å². The summed E-state index contributed by atoms with van der Waals surface area (Å²) in [4.78, 5) is 11.6.